The van der Waals surface area contributed by atoms with Gasteiger partial charge in [-0.05, 0) is 18.9 Å². The molecule has 12 heavy (non-hydrogen) atoms. The van der Waals surface area contributed by atoms with Gasteiger partial charge in [0.15, 0.2) is 0 Å². The van der Waals surface area contributed by atoms with Crippen LogP contribution in [0.5, 0.6) is 0 Å². The lowest BCUT2D eigenvalue weighted by Gasteiger charge is -2.22. The van der Waals surface area contributed by atoms with Crippen LogP contribution in [0, 0.1) is 0 Å². The van der Waals surface area contributed by atoms with Crippen LogP contribution in [0.4, 0.5) is 0 Å². The van der Waals surface area contributed by atoms with Crippen LogP contribution in [-0.2, 0) is 10.4 Å². The van der Waals surface area contributed by atoms with Crippen molar-refractivity contribution in [3.8, 4) is 0 Å². The van der Waals surface area contributed by atoms with E-state index in [4.69, 9.17) is 4.84 Å². The van der Waals surface area contributed by atoms with Gasteiger partial charge < -0.3 is 4.84 Å². The van der Waals surface area contributed by atoms with Gasteiger partial charge >= 0.3 is 0 Å². The summed E-state index contributed by atoms with van der Waals surface area (Å²) in [5.41, 5.74) is 4.36. The summed E-state index contributed by atoms with van der Waals surface area (Å²) >= 11 is 0. The predicted molar refractivity (Wildman–Crippen MR) is 47.5 cm³/mol. The normalized spacial score (nSPS) is 29.1. The summed E-state index contributed by atoms with van der Waals surface area (Å²) in [6.07, 6.45) is 1.04. The van der Waals surface area contributed by atoms with Crippen molar-refractivity contribution >= 4 is 0 Å². The minimum atomic E-state index is 0.0151. The molecule has 1 unspecified atom stereocenters. The lowest BCUT2D eigenvalue weighted by atomic mass is 9.91. The molecule has 1 saturated heterocycles. The van der Waals surface area contributed by atoms with Crippen LogP contribution in [0.3, 0.4) is 0 Å². The largest absolute Gasteiger partial charge is 0.301 e. The van der Waals surface area contributed by atoms with Crippen LogP contribution in [0.15, 0.2) is 30.3 Å². The molecule has 1 aromatic rings. The molecule has 2 heteroatoms. The molecule has 1 atom stereocenters. The lowest BCUT2D eigenvalue weighted by Crippen LogP contribution is -2.32. The summed E-state index contributed by atoms with van der Waals surface area (Å²) in [6, 6.07) is 10.4. The SMILES string of the molecule is CC1(c2ccccc2)CCON1. The van der Waals surface area contributed by atoms with E-state index in [1.807, 2.05) is 6.07 Å². The van der Waals surface area contributed by atoms with Crippen LogP contribution in [0.25, 0.3) is 0 Å². The highest BCUT2D eigenvalue weighted by atomic mass is 16.7. The molecule has 1 heterocycles. The third-order valence-electron chi connectivity index (χ3n) is 2.41. The zero-order valence-corrected chi connectivity index (χ0v) is 7.21. The first kappa shape index (κ1) is 7.77. The molecule has 1 aliphatic heterocycles. The summed E-state index contributed by atoms with van der Waals surface area (Å²) in [7, 11) is 0. The maximum Gasteiger partial charge on any atom is 0.0704 e. The Balaban J connectivity index is 2.29. The first-order valence-corrected chi connectivity index (χ1v) is 4.26. The Bertz CT molecular complexity index is 252. The fraction of sp³-hybridized carbons (Fsp3) is 0.400. The van der Waals surface area contributed by atoms with Crippen molar-refractivity contribution in [2.24, 2.45) is 0 Å². The Morgan fingerprint density at radius 3 is 2.67 bits per heavy atom. The van der Waals surface area contributed by atoms with Crippen LogP contribution in [0.2, 0.25) is 0 Å². The number of rotatable bonds is 1. The predicted octanol–water partition coefficient (Wildman–Crippen LogP) is 1.83. The number of hydroxylamine groups is 1. The number of benzene rings is 1. The molecule has 0 bridgehead atoms. The second kappa shape index (κ2) is 2.88. The lowest BCUT2D eigenvalue weighted by molar-refractivity contribution is 0.0654. The molecule has 0 aromatic heterocycles. The Kier molecular flexibility index (Phi) is 1.87. The topological polar surface area (TPSA) is 21.3 Å². The smallest absolute Gasteiger partial charge is 0.0704 e. The van der Waals surface area contributed by atoms with Crippen LogP contribution in [0.1, 0.15) is 18.9 Å². The average Bonchev–Trinajstić information content (AvgIpc) is 2.55. The van der Waals surface area contributed by atoms with Gasteiger partial charge in [-0.25, -0.2) is 0 Å². The van der Waals surface area contributed by atoms with Gasteiger partial charge in [0, 0.05) is 0 Å². The number of hydrogen-bond donors (Lipinski definition) is 1. The van der Waals surface area contributed by atoms with E-state index >= 15 is 0 Å². The zero-order chi connectivity index (χ0) is 8.44. The molecule has 1 fully saturated rings. The molecular formula is C10H13NO. The maximum atomic E-state index is 5.16. The molecule has 1 N–H and O–H groups in total. The van der Waals surface area contributed by atoms with Crippen molar-refractivity contribution in [1.82, 2.24) is 5.48 Å². The minimum Gasteiger partial charge on any atom is -0.301 e. The van der Waals surface area contributed by atoms with E-state index in [2.05, 4.69) is 36.7 Å². The number of hydrogen-bond acceptors (Lipinski definition) is 2. The van der Waals surface area contributed by atoms with E-state index in [1.165, 1.54) is 5.56 Å². The fourth-order valence-electron chi connectivity index (χ4n) is 1.53. The third kappa shape index (κ3) is 1.24. The molecule has 0 spiro atoms. The van der Waals surface area contributed by atoms with E-state index < -0.39 is 0 Å². The van der Waals surface area contributed by atoms with E-state index in [0.717, 1.165) is 13.0 Å². The standard InChI is InChI=1S/C10H13NO/c1-10(7-8-12-11-10)9-5-3-2-4-6-9/h2-6,11H,7-8H2,1H3. The molecule has 2 rings (SSSR count). The summed E-state index contributed by atoms with van der Waals surface area (Å²) in [6.45, 7) is 2.96. The van der Waals surface area contributed by atoms with Gasteiger partial charge in [0.1, 0.15) is 0 Å². The highest BCUT2D eigenvalue weighted by molar-refractivity contribution is 5.23. The van der Waals surface area contributed by atoms with Crippen molar-refractivity contribution in [2.45, 2.75) is 18.9 Å². The molecule has 1 aliphatic rings. The first-order valence-electron chi connectivity index (χ1n) is 4.26. The summed E-state index contributed by atoms with van der Waals surface area (Å²) in [4.78, 5) is 5.16. The summed E-state index contributed by atoms with van der Waals surface area (Å²) in [5.74, 6) is 0. The van der Waals surface area contributed by atoms with Crippen molar-refractivity contribution < 1.29 is 4.84 Å². The van der Waals surface area contributed by atoms with Crippen molar-refractivity contribution in [1.29, 1.82) is 0 Å². The average molecular weight is 163 g/mol. The zero-order valence-electron chi connectivity index (χ0n) is 7.21. The maximum absolute atomic E-state index is 5.16. The summed E-state index contributed by atoms with van der Waals surface area (Å²) in [5, 5.41) is 0. The highest BCUT2D eigenvalue weighted by Crippen LogP contribution is 2.27. The molecule has 1 aromatic carbocycles. The molecule has 64 valence electrons. The van der Waals surface area contributed by atoms with Gasteiger partial charge in [0.2, 0.25) is 0 Å². The second-order valence-electron chi connectivity index (χ2n) is 3.40. The van der Waals surface area contributed by atoms with E-state index in [9.17, 15) is 0 Å². The Hall–Kier alpha value is -0.860. The molecule has 0 radical (unpaired) electrons. The van der Waals surface area contributed by atoms with Gasteiger partial charge in [0.25, 0.3) is 0 Å². The first-order chi connectivity index (χ1) is 5.81. The Morgan fingerprint density at radius 1 is 1.33 bits per heavy atom. The summed E-state index contributed by atoms with van der Waals surface area (Å²) < 4.78 is 0. The molecule has 0 aliphatic carbocycles. The fourth-order valence-corrected chi connectivity index (χ4v) is 1.53. The molecule has 0 saturated carbocycles. The van der Waals surface area contributed by atoms with Crippen LogP contribution in [-0.4, -0.2) is 6.61 Å². The Labute approximate surface area is 72.5 Å². The monoisotopic (exact) mass is 163 g/mol. The molecule has 0 amide bonds. The van der Waals surface area contributed by atoms with Crippen LogP contribution < -0.4 is 5.48 Å². The molecule has 2 nitrogen and oxygen atoms in total. The van der Waals surface area contributed by atoms with Gasteiger partial charge in [-0.3, -0.25) is 0 Å². The highest BCUT2D eigenvalue weighted by Gasteiger charge is 2.30. The van der Waals surface area contributed by atoms with Gasteiger partial charge in [-0.2, -0.15) is 5.48 Å². The van der Waals surface area contributed by atoms with Crippen LogP contribution >= 0.6 is 0 Å². The second-order valence-corrected chi connectivity index (χ2v) is 3.40. The quantitative estimate of drug-likeness (QED) is 0.682. The minimum absolute atomic E-state index is 0.0151. The van der Waals surface area contributed by atoms with Crippen molar-refractivity contribution in [3.63, 3.8) is 0 Å². The van der Waals surface area contributed by atoms with E-state index in [-0.39, 0.29) is 5.54 Å². The van der Waals surface area contributed by atoms with E-state index in [0.29, 0.717) is 0 Å². The third-order valence-corrected chi connectivity index (χ3v) is 2.41. The molecular weight excluding hydrogens is 150 g/mol. The van der Waals surface area contributed by atoms with Crippen molar-refractivity contribution in [2.75, 3.05) is 6.61 Å². The van der Waals surface area contributed by atoms with Gasteiger partial charge in [-0.15, -0.1) is 0 Å². The van der Waals surface area contributed by atoms with Gasteiger partial charge in [-0.1, -0.05) is 30.3 Å². The van der Waals surface area contributed by atoms with E-state index in [1.54, 1.807) is 0 Å². The van der Waals surface area contributed by atoms with Crippen molar-refractivity contribution in [3.05, 3.63) is 35.9 Å². The Morgan fingerprint density at radius 2 is 2.08 bits per heavy atom. The number of nitrogens with one attached hydrogen (secondary N) is 1. The van der Waals surface area contributed by atoms with Gasteiger partial charge in [0.05, 0.1) is 12.1 Å².